The summed E-state index contributed by atoms with van der Waals surface area (Å²) in [6.45, 7) is 2.21. The quantitative estimate of drug-likeness (QED) is 0.335. The van der Waals surface area contributed by atoms with Gasteiger partial charge in [-0.3, -0.25) is 4.55 Å². The third-order valence-electron chi connectivity index (χ3n) is 4.43. The van der Waals surface area contributed by atoms with Crippen LogP contribution >= 0.6 is 0 Å². The van der Waals surface area contributed by atoms with Gasteiger partial charge in [0.05, 0.1) is 0 Å². The van der Waals surface area contributed by atoms with E-state index in [1.807, 2.05) is 12.1 Å². The van der Waals surface area contributed by atoms with Crippen LogP contribution in [0.25, 0.3) is 0 Å². The molecule has 0 aromatic heterocycles. The maximum absolute atomic E-state index is 11.9. The van der Waals surface area contributed by atoms with Crippen molar-refractivity contribution in [2.75, 3.05) is 0 Å². The summed E-state index contributed by atoms with van der Waals surface area (Å²) >= 11 is 0. The Bertz CT molecular complexity index is 819. The topological polar surface area (TPSA) is 86.7 Å². The Hall–Kier alpha value is -0.414. The minimum absolute atomic E-state index is 0. The molecule has 5 nitrogen and oxygen atoms in total. The van der Waals surface area contributed by atoms with E-state index in [0.717, 1.165) is 18.9 Å². The molecule has 148 valence electrons. The van der Waals surface area contributed by atoms with Crippen LogP contribution in [0.3, 0.4) is 0 Å². The smallest absolute Gasteiger partial charge is 0.870 e. The number of ether oxygens (including phenoxy) is 1. The van der Waals surface area contributed by atoms with Gasteiger partial charge in [0.1, 0.15) is 16.4 Å². The number of aryl methyl sites for hydroxylation is 1. The summed E-state index contributed by atoms with van der Waals surface area (Å²) in [6.07, 6.45) is 9.76. The van der Waals surface area contributed by atoms with Crippen molar-refractivity contribution in [1.29, 1.82) is 0 Å². The Morgan fingerprint density at radius 3 is 2.14 bits per heavy atom. The third kappa shape index (κ3) is 8.53. The van der Waals surface area contributed by atoms with E-state index in [4.69, 9.17) is 4.74 Å². The summed E-state index contributed by atoms with van der Waals surface area (Å²) in [4.78, 5) is -0.526. The van der Waals surface area contributed by atoms with E-state index in [0.29, 0.717) is 5.75 Å². The van der Waals surface area contributed by atoms with Gasteiger partial charge in [0, 0.05) is 0 Å². The molecule has 2 aromatic rings. The Balaban J connectivity index is 0.00000392. The Morgan fingerprint density at radius 2 is 1.54 bits per heavy atom. The molecule has 0 aliphatic heterocycles. The average Bonchev–Trinajstić information content (AvgIpc) is 2.63. The van der Waals surface area contributed by atoms with Crippen LogP contribution in [0.5, 0.6) is 17.2 Å². The Morgan fingerprint density at radius 1 is 0.929 bits per heavy atom. The molecule has 0 heterocycles. The van der Waals surface area contributed by atoms with Crippen molar-refractivity contribution in [2.24, 2.45) is 0 Å². The predicted molar refractivity (Wildman–Crippen MR) is 104 cm³/mol. The normalized spacial score (nSPS) is 11.1. The monoisotopic (exact) mass is 430 g/mol. The molecule has 0 amide bonds. The molecule has 1 N–H and O–H groups in total. The second-order valence-corrected chi connectivity index (χ2v) is 8.07. The van der Waals surface area contributed by atoms with Crippen LogP contribution in [-0.4, -0.2) is 13.0 Å². The van der Waals surface area contributed by atoms with Gasteiger partial charge in [0.2, 0.25) is 0 Å². The van der Waals surface area contributed by atoms with Gasteiger partial charge in [-0.25, -0.2) is 0 Å². The molecule has 0 atom stereocenters. The van der Waals surface area contributed by atoms with Crippen LogP contribution in [0.4, 0.5) is 0 Å². The first-order valence-corrected chi connectivity index (χ1v) is 10.9. The standard InChI is InChI=1S/C21H28O5S.K/c1-2-3-4-5-6-7-8-10-17-13-15-18(16-14-17)26-21-19(22)11-9-12-20(21)27(23,24)25;/h9,11-16,22H,2-8,10H2,1H3,(H,23,24,25);/q;+1/p-1. The molecule has 0 bridgehead atoms. The number of benzene rings is 2. The van der Waals surface area contributed by atoms with Crippen LogP contribution in [0.15, 0.2) is 47.4 Å². The van der Waals surface area contributed by atoms with Crippen molar-refractivity contribution in [3.63, 3.8) is 0 Å². The number of unbranched alkanes of at least 4 members (excludes halogenated alkanes) is 6. The fourth-order valence-corrected chi connectivity index (χ4v) is 3.55. The van der Waals surface area contributed by atoms with Crippen molar-refractivity contribution in [1.82, 2.24) is 0 Å². The average molecular weight is 431 g/mol. The van der Waals surface area contributed by atoms with Gasteiger partial charge in [-0.1, -0.05) is 75.5 Å². The molecule has 0 saturated heterocycles. The number of hydrogen-bond acceptors (Lipinski definition) is 4. The van der Waals surface area contributed by atoms with Gasteiger partial charge >= 0.3 is 51.4 Å². The number of para-hydroxylation sites is 1. The van der Waals surface area contributed by atoms with Crippen LogP contribution in [-0.2, 0) is 16.5 Å². The first kappa shape index (κ1) is 25.6. The molecule has 2 aromatic carbocycles. The van der Waals surface area contributed by atoms with Gasteiger partial charge in [-0.05, 0) is 36.6 Å². The maximum Gasteiger partial charge on any atom is 1.00 e. The molecule has 0 radical (unpaired) electrons. The fourth-order valence-electron chi connectivity index (χ4n) is 2.93. The minimum atomic E-state index is -4.53. The summed E-state index contributed by atoms with van der Waals surface area (Å²) < 4.78 is 37.5. The van der Waals surface area contributed by atoms with Gasteiger partial charge in [0.15, 0.2) is 0 Å². The van der Waals surface area contributed by atoms with Crippen LogP contribution in [0, 0.1) is 0 Å². The predicted octanol–water partition coefficient (Wildman–Crippen LogP) is 2.10. The zero-order valence-corrected chi connectivity index (χ0v) is 20.6. The molecular weight excluding hydrogens is 403 g/mol. The molecule has 0 spiro atoms. The second kappa shape index (κ2) is 13.0. The van der Waals surface area contributed by atoms with Crippen molar-refractivity contribution in [2.45, 2.75) is 63.2 Å². The summed E-state index contributed by atoms with van der Waals surface area (Å²) in [6, 6.07) is 10.8. The van der Waals surface area contributed by atoms with E-state index in [2.05, 4.69) is 6.92 Å². The molecule has 0 fully saturated rings. The molecule has 0 unspecified atom stereocenters. The van der Waals surface area contributed by atoms with E-state index >= 15 is 0 Å². The zero-order valence-electron chi connectivity index (χ0n) is 16.7. The van der Waals surface area contributed by atoms with Gasteiger partial charge in [0.25, 0.3) is 10.1 Å². The fraction of sp³-hybridized carbons (Fsp3) is 0.429. The van der Waals surface area contributed by atoms with Gasteiger partial charge < -0.3 is 9.84 Å². The molecule has 28 heavy (non-hydrogen) atoms. The number of hydrogen-bond donors (Lipinski definition) is 1. The maximum atomic E-state index is 11.9. The summed E-state index contributed by atoms with van der Waals surface area (Å²) in [5.41, 5.74) is 1.17. The second-order valence-electron chi connectivity index (χ2n) is 6.68. The van der Waals surface area contributed by atoms with E-state index in [9.17, 15) is 18.1 Å². The number of rotatable bonds is 11. The zero-order chi connectivity index (χ0) is 19.7. The summed E-state index contributed by atoms with van der Waals surface area (Å²) in [5.74, 6) is -0.636. The molecule has 0 saturated carbocycles. The van der Waals surface area contributed by atoms with Crippen molar-refractivity contribution in [3.05, 3.63) is 48.0 Å². The summed E-state index contributed by atoms with van der Waals surface area (Å²) in [7, 11) is -4.53. The van der Waals surface area contributed by atoms with Crippen LogP contribution < -0.4 is 61.2 Å². The first-order valence-electron chi connectivity index (χ1n) is 9.46. The molecular formula is C21H27KO5S. The van der Waals surface area contributed by atoms with Gasteiger partial charge in [-0.2, -0.15) is 8.42 Å². The third-order valence-corrected chi connectivity index (χ3v) is 5.31. The van der Waals surface area contributed by atoms with Crippen molar-refractivity contribution < 1.29 is 74.2 Å². The van der Waals surface area contributed by atoms with E-state index in [1.54, 1.807) is 12.1 Å². The van der Waals surface area contributed by atoms with Crippen molar-refractivity contribution in [3.8, 4) is 17.2 Å². The Labute approximate surface area is 210 Å². The van der Waals surface area contributed by atoms with Gasteiger partial charge in [-0.15, -0.1) is 0 Å². The SMILES string of the molecule is CCCCCCCCCc1ccc(Oc2c([O-])cccc2S(=O)(=O)O)cc1.[K+]. The molecule has 7 heteroatoms. The molecule has 2 rings (SSSR count). The van der Waals surface area contributed by atoms with E-state index in [-0.39, 0.29) is 57.1 Å². The minimum Gasteiger partial charge on any atom is -0.870 e. The van der Waals surface area contributed by atoms with Crippen LogP contribution in [0.2, 0.25) is 0 Å². The van der Waals surface area contributed by atoms with Crippen LogP contribution in [0.1, 0.15) is 57.4 Å². The Kier molecular flexibility index (Phi) is 11.9. The summed E-state index contributed by atoms with van der Waals surface area (Å²) in [5, 5.41) is 11.9. The first-order chi connectivity index (χ1) is 12.9. The van der Waals surface area contributed by atoms with Crippen molar-refractivity contribution >= 4 is 10.1 Å². The van der Waals surface area contributed by atoms with E-state index < -0.39 is 20.8 Å². The molecule has 0 aliphatic carbocycles. The molecule has 0 aliphatic rings. The van der Waals surface area contributed by atoms with E-state index in [1.165, 1.54) is 56.2 Å². The largest absolute Gasteiger partial charge is 1.00 e.